The van der Waals surface area contributed by atoms with Gasteiger partial charge in [0.25, 0.3) is 5.91 Å². The van der Waals surface area contributed by atoms with Gasteiger partial charge in [0.2, 0.25) is 0 Å². The number of likely N-dealkylation sites (N-methyl/N-ethyl adjacent to an activating group) is 1. The highest BCUT2D eigenvalue weighted by Crippen LogP contribution is 2.68. The van der Waals surface area contributed by atoms with Crippen LogP contribution >= 0.6 is 0 Å². The van der Waals surface area contributed by atoms with E-state index in [1.807, 2.05) is 25.2 Å². The van der Waals surface area contributed by atoms with Crippen LogP contribution in [0.25, 0.3) is 10.9 Å². The van der Waals surface area contributed by atoms with Crippen LogP contribution in [0.5, 0.6) is 5.75 Å². The molecular formula is C50H58N6O7. The van der Waals surface area contributed by atoms with E-state index in [1.165, 1.54) is 19.6 Å². The zero-order chi connectivity index (χ0) is 44.1. The van der Waals surface area contributed by atoms with E-state index in [2.05, 4.69) is 80.3 Å². The summed E-state index contributed by atoms with van der Waals surface area (Å²) in [6, 6.07) is 14.9. The van der Waals surface area contributed by atoms with E-state index in [9.17, 15) is 14.7 Å². The van der Waals surface area contributed by atoms with Crippen molar-refractivity contribution in [3.05, 3.63) is 113 Å². The minimum absolute atomic E-state index is 0.0328. The molecule has 1 saturated carbocycles. The number of hydrogen-bond acceptors (Lipinski definition) is 11. The molecule has 3 N–H and O–H groups in total. The number of methoxy groups -OCH3 is 2. The Balaban J connectivity index is 1.24. The molecule has 1 unspecified atom stereocenters. The van der Waals surface area contributed by atoms with Gasteiger partial charge in [0.15, 0.2) is 0 Å². The van der Waals surface area contributed by atoms with Gasteiger partial charge in [0, 0.05) is 109 Å². The quantitative estimate of drug-likeness (QED) is 0.147. The second-order valence-electron chi connectivity index (χ2n) is 18.8. The third-order valence-electron chi connectivity index (χ3n) is 15.8. The van der Waals surface area contributed by atoms with Crippen LogP contribution in [-0.4, -0.2) is 120 Å². The van der Waals surface area contributed by atoms with Crippen molar-refractivity contribution in [2.24, 2.45) is 11.3 Å². The maximum absolute atomic E-state index is 15.3. The van der Waals surface area contributed by atoms with Gasteiger partial charge in [-0.05, 0) is 73.5 Å². The largest absolute Gasteiger partial charge is 0.496 e. The van der Waals surface area contributed by atoms with Crippen molar-refractivity contribution in [2.75, 3.05) is 58.9 Å². The van der Waals surface area contributed by atoms with Gasteiger partial charge in [-0.1, -0.05) is 55.8 Å². The second-order valence-corrected chi connectivity index (χ2v) is 18.8. The summed E-state index contributed by atoms with van der Waals surface area (Å²) in [7, 11) is 5.10. The second kappa shape index (κ2) is 15.1. The van der Waals surface area contributed by atoms with E-state index in [1.54, 1.807) is 31.6 Å². The van der Waals surface area contributed by atoms with E-state index in [4.69, 9.17) is 14.2 Å². The molecule has 13 heteroatoms. The smallest absolute Gasteiger partial charge is 0.322 e. The molecule has 63 heavy (non-hydrogen) atoms. The number of esters is 2. The predicted octanol–water partition coefficient (Wildman–Crippen LogP) is 5.41. The van der Waals surface area contributed by atoms with Crippen molar-refractivity contribution in [2.45, 2.75) is 87.6 Å². The maximum Gasteiger partial charge on any atom is 0.322 e. The fourth-order valence-corrected chi connectivity index (χ4v) is 13.6. The lowest BCUT2D eigenvalue weighted by atomic mass is 9.47. The number of nitrogens with one attached hydrogen (secondary N) is 2. The highest BCUT2D eigenvalue weighted by atomic mass is 16.6. The Bertz CT molecular complexity index is 2570. The number of para-hydroxylation sites is 1. The lowest BCUT2D eigenvalue weighted by Gasteiger charge is -2.64. The Morgan fingerprint density at radius 3 is 2.56 bits per heavy atom. The van der Waals surface area contributed by atoms with E-state index < -0.39 is 40.0 Å². The molecule has 2 aromatic carbocycles. The van der Waals surface area contributed by atoms with Gasteiger partial charge in [-0.25, -0.2) is 0 Å². The summed E-state index contributed by atoms with van der Waals surface area (Å²) in [5.41, 5.74) is 2.38. The molecular weight excluding hydrogens is 797 g/mol. The number of amides is 1. The van der Waals surface area contributed by atoms with Gasteiger partial charge in [-0.3, -0.25) is 29.2 Å². The van der Waals surface area contributed by atoms with Crippen LogP contribution in [-0.2, 0) is 36.4 Å². The molecule has 2 aromatic heterocycles. The molecule has 1 spiro atoms. The first kappa shape index (κ1) is 41.5. The van der Waals surface area contributed by atoms with Crippen LogP contribution in [0.4, 0.5) is 5.69 Å². The first-order valence-corrected chi connectivity index (χ1v) is 22.5. The third kappa shape index (κ3) is 5.77. The summed E-state index contributed by atoms with van der Waals surface area (Å²) in [4.78, 5) is 57.4. The van der Waals surface area contributed by atoms with Crippen molar-refractivity contribution in [3.8, 4) is 5.75 Å². The number of aromatic amines is 1. The van der Waals surface area contributed by atoms with Gasteiger partial charge in [-0.15, -0.1) is 0 Å². The molecule has 9 atom stereocenters. The number of H-pyrrole nitrogens is 1. The summed E-state index contributed by atoms with van der Waals surface area (Å²) in [6.07, 6.45) is 11.3. The molecule has 13 nitrogen and oxygen atoms in total. The van der Waals surface area contributed by atoms with E-state index >= 15 is 4.79 Å². The van der Waals surface area contributed by atoms with Crippen molar-refractivity contribution in [1.82, 2.24) is 25.1 Å². The molecule has 2 fully saturated rings. The summed E-state index contributed by atoms with van der Waals surface area (Å²) in [6.45, 7) is 9.23. The molecule has 1 saturated heterocycles. The van der Waals surface area contributed by atoms with Crippen molar-refractivity contribution >= 4 is 34.4 Å². The maximum atomic E-state index is 15.3. The fourth-order valence-electron chi connectivity index (χ4n) is 13.6. The molecule has 10 rings (SSSR count). The van der Waals surface area contributed by atoms with Crippen LogP contribution in [0.3, 0.4) is 0 Å². The highest BCUT2D eigenvalue weighted by Gasteiger charge is 2.78. The molecule has 1 amide bonds. The Labute approximate surface area is 368 Å². The van der Waals surface area contributed by atoms with Crippen LogP contribution in [0.1, 0.15) is 79.2 Å². The summed E-state index contributed by atoms with van der Waals surface area (Å²) < 4.78 is 18.8. The number of carbonyl (C=O) groups excluding carboxylic acids is 3. The number of rotatable bonds is 9. The van der Waals surface area contributed by atoms with E-state index in [0.717, 1.165) is 59.5 Å². The monoisotopic (exact) mass is 854 g/mol. The molecule has 0 radical (unpaired) electrons. The first-order chi connectivity index (χ1) is 30.4. The molecule has 4 aromatic rings. The zero-order valence-electron chi connectivity index (χ0n) is 37.1. The van der Waals surface area contributed by atoms with Crippen LogP contribution in [0.15, 0.2) is 84.7 Å². The van der Waals surface area contributed by atoms with Crippen molar-refractivity contribution in [3.63, 3.8) is 0 Å². The lowest BCUT2D eigenvalue weighted by molar-refractivity contribution is -0.216. The van der Waals surface area contributed by atoms with Crippen LogP contribution in [0, 0.1) is 11.3 Å². The molecule has 5 aliphatic heterocycles. The average molecular weight is 855 g/mol. The Kier molecular flexibility index (Phi) is 9.92. The SMILES string of the molecule is CCC1=C[C@@H]2CN(C1)Cc1c([nH]c3ccccc13)[C@@](C(=O)OC)(c1cc3c(cc1OC)N(C)[C@H]1[C@@](O)(CNC(=O)c4ccncc4)[C@H](OC(C)=O)[C@]4(CC)C=CCN5CC[C@]31[C@@H]54)C2. The first-order valence-electron chi connectivity index (χ1n) is 22.5. The number of hydrogen-bond donors (Lipinski definition) is 3. The predicted molar refractivity (Wildman–Crippen MR) is 239 cm³/mol. The molecule has 1 aliphatic carbocycles. The summed E-state index contributed by atoms with van der Waals surface area (Å²) in [5, 5.41) is 18.0. The number of fused-ring (bicyclic) bond motifs is 6. The minimum Gasteiger partial charge on any atom is -0.496 e. The summed E-state index contributed by atoms with van der Waals surface area (Å²) in [5.74, 6) is -0.687. The van der Waals surface area contributed by atoms with Gasteiger partial charge in [0.05, 0.1) is 26.8 Å². The number of aromatic nitrogens is 2. The highest BCUT2D eigenvalue weighted by molar-refractivity contribution is 5.95. The molecule has 330 valence electrons. The molecule has 2 bridgehead atoms. The number of pyridine rings is 1. The Morgan fingerprint density at radius 2 is 1.83 bits per heavy atom. The van der Waals surface area contributed by atoms with Crippen LogP contribution in [0.2, 0.25) is 0 Å². The standard InChI is InChI=1S/C50H58N6O7/c1-7-31-22-32-25-49(46(59)62-6,41-35(28-55(26-31)27-32)34-12-9-10-13-38(34)53-41)37-23-36-39(24-40(37)61-5)54(4)44-48(36)17-21-56-20-11-16-47(8-2,43(48)56)45(63-30(3)57)50(44,60)29-52-42(58)33-14-18-51-19-15-33/h9-16,18-19,22-24,32,43-45,53,60H,7-8,17,20-21,25-29H2,1-6H3,(H,52,58)/t32-,43-,44+,45+,47+,48+,49-,50-/m0/s1. The van der Waals surface area contributed by atoms with E-state index in [0.29, 0.717) is 49.2 Å². The van der Waals surface area contributed by atoms with E-state index in [-0.39, 0.29) is 30.4 Å². The van der Waals surface area contributed by atoms with Crippen molar-refractivity contribution < 1.29 is 33.7 Å². The van der Waals surface area contributed by atoms with Gasteiger partial charge < -0.3 is 34.5 Å². The number of aliphatic hydroxyl groups is 1. The average Bonchev–Trinajstić information content (AvgIpc) is 3.95. The van der Waals surface area contributed by atoms with Gasteiger partial charge in [0.1, 0.15) is 22.9 Å². The number of ether oxygens (including phenoxy) is 3. The van der Waals surface area contributed by atoms with Crippen LogP contribution < -0.4 is 15.0 Å². The third-order valence-corrected chi connectivity index (χ3v) is 15.8. The summed E-state index contributed by atoms with van der Waals surface area (Å²) >= 11 is 0. The lowest BCUT2D eigenvalue weighted by Crippen LogP contribution is -2.81. The number of nitrogens with zero attached hydrogens (tertiary/aromatic N) is 4. The fraction of sp³-hybridized carbons (Fsp3) is 0.480. The minimum atomic E-state index is -1.81. The number of carbonyl (C=O) groups is 3. The van der Waals surface area contributed by atoms with Gasteiger partial charge in [-0.2, -0.15) is 0 Å². The zero-order valence-corrected chi connectivity index (χ0v) is 37.1. The Morgan fingerprint density at radius 1 is 1.03 bits per heavy atom. The Hall–Kier alpha value is -5.50. The number of benzene rings is 2. The van der Waals surface area contributed by atoms with Crippen molar-refractivity contribution in [1.29, 1.82) is 0 Å². The number of anilines is 1. The molecule has 6 aliphatic rings. The molecule has 7 heterocycles. The normalized spacial score (nSPS) is 32.7. The van der Waals surface area contributed by atoms with Gasteiger partial charge >= 0.3 is 11.9 Å². The topological polar surface area (TPSA) is 150 Å².